The zero-order chi connectivity index (χ0) is 22.4. The van der Waals surface area contributed by atoms with E-state index in [9.17, 15) is 24.0 Å². The Morgan fingerprint density at radius 2 is 1.34 bits per heavy atom. The fraction of sp³-hybridized carbons (Fsp3) is 0.526. The lowest BCUT2D eigenvalue weighted by atomic mass is 10.3. The van der Waals surface area contributed by atoms with Crippen molar-refractivity contribution in [3.63, 3.8) is 0 Å². The van der Waals surface area contributed by atoms with Crippen molar-refractivity contribution in [1.82, 2.24) is 10.2 Å². The Labute approximate surface area is 169 Å². The standard InChI is InChI=1S/C19H28N2O8/c1-6-21(19(26)20-9-10-28-17(24)13(2)3)15(22)7-8-16(23)27-11-12-29-18(25)14(4)5/h2,4,6-12H2,1,3,5H3,(H,20,26). The average molecular weight is 412 g/mol. The monoisotopic (exact) mass is 412 g/mol. The van der Waals surface area contributed by atoms with Crippen LogP contribution in [0.4, 0.5) is 4.79 Å². The Bertz CT molecular complexity index is 657. The van der Waals surface area contributed by atoms with E-state index in [1.807, 2.05) is 0 Å². The molecule has 0 radical (unpaired) electrons. The van der Waals surface area contributed by atoms with Crippen LogP contribution >= 0.6 is 0 Å². The van der Waals surface area contributed by atoms with E-state index in [0.29, 0.717) is 0 Å². The van der Waals surface area contributed by atoms with E-state index in [2.05, 4.69) is 18.5 Å². The van der Waals surface area contributed by atoms with Gasteiger partial charge in [-0.25, -0.2) is 14.4 Å². The number of esters is 3. The lowest BCUT2D eigenvalue weighted by Gasteiger charge is -2.19. The number of carbonyl (C=O) groups is 5. The van der Waals surface area contributed by atoms with E-state index < -0.39 is 29.8 Å². The van der Waals surface area contributed by atoms with E-state index in [1.54, 1.807) is 6.92 Å². The molecule has 0 aromatic rings. The van der Waals surface area contributed by atoms with Crippen molar-refractivity contribution >= 4 is 29.8 Å². The summed E-state index contributed by atoms with van der Waals surface area (Å²) >= 11 is 0. The Kier molecular flexibility index (Phi) is 12.4. The summed E-state index contributed by atoms with van der Waals surface area (Å²) in [5, 5.41) is 2.45. The summed E-state index contributed by atoms with van der Waals surface area (Å²) < 4.78 is 14.4. The summed E-state index contributed by atoms with van der Waals surface area (Å²) in [6.07, 6.45) is -0.455. The zero-order valence-electron chi connectivity index (χ0n) is 17.1. The summed E-state index contributed by atoms with van der Waals surface area (Å²) in [6.45, 7) is 11.2. The molecule has 0 unspecified atom stereocenters. The molecule has 0 saturated carbocycles. The minimum atomic E-state index is -0.663. The van der Waals surface area contributed by atoms with Gasteiger partial charge in [-0.1, -0.05) is 13.2 Å². The number of nitrogens with zero attached hydrogens (tertiary/aromatic N) is 1. The van der Waals surface area contributed by atoms with Gasteiger partial charge in [0.2, 0.25) is 5.91 Å². The first-order valence-corrected chi connectivity index (χ1v) is 8.99. The van der Waals surface area contributed by atoms with Gasteiger partial charge < -0.3 is 19.5 Å². The highest BCUT2D eigenvalue weighted by molar-refractivity contribution is 5.95. The molecule has 0 aliphatic carbocycles. The van der Waals surface area contributed by atoms with E-state index in [0.717, 1.165) is 4.90 Å². The maximum absolute atomic E-state index is 12.1. The predicted octanol–water partition coefficient (Wildman–Crippen LogP) is 1.11. The second-order valence-corrected chi connectivity index (χ2v) is 5.92. The Balaban J connectivity index is 4.17. The summed E-state index contributed by atoms with van der Waals surface area (Å²) in [7, 11) is 0. The van der Waals surface area contributed by atoms with E-state index in [-0.39, 0.29) is 56.9 Å². The number of nitrogens with one attached hydrogen (secondary N) is 1. The van der Waals surface area contributed by atoms with Crippen molar-refractivity contribution in [2.24, 2.45) is 0 Å². The lowest BCUT2D eigenvalue weighted by Crippen LogP contribution is -2.44. The SMILES string of the molecule is C=C(C)C(=O)OCCNC(=O)N(CC)C(=O)CCC(=O)OCCOC(=O)C(=C)C. The van der Waals surface area contributed by atoms with Crippen molar-refractivity contribution in [3.05, 3.63) is 24.3 Å². The summed E-state index contributed by atoms with van der Waals surface area (Å²) in [6, 6.07) is -0.663. The second-order valence-electron chi connectivity index (χ2n) is 5.92. The van der Waals surface area contributed by atoms with Crippen LogP contribution in [0.3, 0.4) is 0 Å². The van der Waals surface area contributed by atoms with Crippen LogP contribution in [-0.4, -0.2) is 67.7 Å². The van der Waals surface area contributed by atoms with Crippen molar-refractivity contribution in [1.29, 1.82) is 0 Å². The summed E-state index contributed by atoms with van der Waals surface area (Å²) in [4.78, 5) is 59.1. The first-order valence-electron chi connectivity index (χ1n) is 8.99. The fourth-order valence-electron chi connectivity index (χ4n) is 1.78. The molecule has 0 aromatic heterocycles. The molecule has 10 nitrogen and oxygen atoms in total. The van der Waals surface area contributed by atoms with Gasteiger partial charge in [-0.2, -0.15) is 0 Å². The molecule has 1 N–H and O–H groups in total. The van der Waals surface area contributed by atoms with Gasteiger partial charge in [-0.05, 0) is 20.8 Å². The molecule has 0 aromatic carbocycles. The normalized spacial score (nSPS) is 9.76. The average Bonchev–Trinajstić information content (AvgIpc) is 2.66. The van der Waals surface area contributed by atoms with Crippen molar-refractivity contribution in [3.8, 4) is 0 Å². The van der Waals surface area contributed by atoms with Gasteiger partial charge in [0.25, 0.3) is 0 Å². The molecule has 0 aliphatic heterocycles. The Morgan fingerprint density at radius 1 is 0.828 bits per heavy atom. The van der Waals surface area contributed by atoms with Gasteiger partial charge in [-0.3, -0.25) is 14.5 Å². The first kappa shape index (κ1) is 25.8. The molecule has 0 saturated heterocycles. The number of carbonyl (C=O) groups excluding carboxylic acids is 5. The minimum Gasteiger partial charge on any atom is -0.462 e. The molecule has 0 atom stereocenters. The number of imide groups is 1. The van der Waals surface area contributed by atoms with Gasteiger partial charge in [0.15, 0.2) is 0 Å². The number of rotatable bonds is 12. The quantitative estimate of drug-likeness (QED) is 0.218. The van der Waals surface area contributed by atoms with Crippen LogP contribution in [-0.2, 0) is 33.4 Å². The molecule has 0 spiro atoms. The minimum absolute atomic E-state index is 0.0204. The maximum Gasteiger partial charge on any atom is 0.333 e. The molecule has 29 heavy (non-hydrogen) atoms. The van der Waals surface area contributed by atoms with E-state index in [1.165, 1.54) is 13.8 Å². The van der Waals surface area contributed by atoms with Crippen LogP contribution in [0.1, 0.15) is 33.6 Å². The number of hydrogen-bond donors (Lipinski definition) is 1. The number of ether oxygens (including phenoxy) is 3. The Hall–Kier alpha value is -3.17. The molecule has 0 rings (SSSR count). The molecule has 10 heteroatoms. The molecule has 0 fully saturated rings. The smallest absolute Gasteiger partial charge is 0.333 e. The zero-order valence-corrected chi connectivity index (χ0v) is 17.1. The fourth-order valence-corrected chi connectivity index (χ4v) is 1.78. The van der Waals surface area contributed by atoms with Crippen molar-refractivity contribution in [2.75, 3.05) is 32.9 Å². The first-order chi connectivity index (χ1) is 13.6. The van der Waals surface area contributed by atoms with Gasteiger partial charge in [0.1, 0.15) is 19.8 Å². The van der Waals surface area contributed by atoms with Gasteiger partial charge in [-0.15, -0.1) is 0 Å². The highest BCUT2D eigenvalue weighted by Crippen LogP contribution is 2.01. The van der Waals surface area contributed by atoms with Crippen molar-refractivity contribution < 1.29 is 38.2 Å². The van der Waals surface area contributed by atoms with Gasteiger partial charge in [0, 0.05) is 24.1 Å². The van der Waals surface area contributed by atoms with E-state index >= 15 is 0 Å². The topological polar surface area (TPSA) is 128 Å². The molecule has 0 aliphatic rings. The van der Waals surface area contributed by atoms with Gasteiger partial charge in [0.05, 0.1) is 13.0 Å². The van der Waals surface area contributed by atoms with Crippen LogP contribution in [0.5, 0.6) is 0 Å². The molecule has 3 amide bonds. The van der Waals surface area contributed by atoms with Crippen LogP contribution in [0.25, 0.3) is 0 Å². The number of urea groups is 1. The third-order valence-corrected chi connectivity index (χ3v) is 3.29. The molecule has 0 bridgehead atoms. The maximum atomic E-state index is 12.1. The van der Waals surface area contributed by atoms with Crippen LogP contribution in [0, 0.1) is 0 Å². The van der Waals surface area contributed by atoms with Crippen LogP contribution in [0.15, 0.2) is 24.3 Å². The highest BCUT2D eigenvalue weighted by Gasteiger charge is 2.20. The Morgan fingerprint density at radius 3 is 1.86 bits per heavy atom. The molecular weight excluding hydrogens is 384 g/mol. The highest BCUT2D eigenvalue weighted by atomic mass is 16.6. The predicted molar refractivity (Wildman–Crippen MR) is 103 cm³/mol. The molecular formula is C19H28N2O8. The summed E-state index contributed by atoms with van der Waals surface area (Å²) in [5.41, 5.74) is 0.469. The van der Waals surface area contributed by atoms with Gasteiger partial charge >= 0.3 is 23.9 Å². The largest absolute Gasteiger partial charge is 0.462 e. The number of hydrogen-bond acceptors (Lipinski definition) is 8. The summed E-state index contributed by atoms with van der Waals surface area (Å²) in [5.74, 6) is -2.38. The molecule has 162 valence electrons. The number of amides is 3. The van der Waals surface area contributed by atoms with Crippen molar-refractivity contribution in [2.45, 2.75) is 33.6 Å². The lowest BCUT2D eigenvalue weighted by molar-refractivity contribution is -0.150. The van der Waals surface area contributed by atoms with Crippen LogP contribution in [0.2, 0.25) is 0 Å². The second kappa shape index (κ2) is 13.9. The third kappa shape index (κ3) is 11.3. The van der Waals surface area contributed by atoms with Crippen LogP contribution < -0.4 is 5.32 Å². The third-order valence-electron chi connectivity index (χ3n) is 3.29. The molecule has 0 heterocycles. The van der Waals surface area contributed by atoms with E-state index in [4.69, 9.17) is 14.2 Å².